The lowest BCUT2D eigenvalue weighted by Crippen LogP contribution is -2.53. The number of carbonyl (C=O) groups is 2. The summed E-state index contributed by atoms with van der Waals surface area (Å²) in [6.07, 6.45) is -0.970. The van der Waals surface area contributed by atoms with Gasteiger partial charge in [0.05, 0.1) is 16.7 Å². The summed E-state index contributed by atoms with van der Waals surface area (Å²) < 4.78 is 43.3. The van der Waals surface area contributed by atoms with Crippen molar-refractivity contribution in [2.75, 3.05) is 26.0 Å². The molecule has 1 fully saturated rings. The molecule has 3 rings (SSSR count). The van der Waals surface area contributed by atoms with E-state index in [1.165, 1.54) is 17.0 Å². The first-order valence-corrected chi connectivity index (χ1v) is 11.0. The monoisotopic (exact) mass is 434 g/mol. The highest BCUT2D eigenvalue weighted by Crippen LogP contribution is 2.31. The quantitative estimate of drug-likeness (QED) is 0.698. The summed E-state index contributed by atoms with van der Waals surface area (Å²) in [5.41, 5.74) is 1.69. The minimum Gasteiger partial charge on any atom is -0.356 e. The van der Waals surface area contributed by atoms with E-state index in [-0.39, 0.29) is 29.7 Å². The minimum absolute atomic E-state index is 0.0183. The van der Waals surface area contributed by atoms with Gasteiger partial charge in [-0.15, -0.1) is 0 Å². The van der Waals surface area contributed by atoms with Gasteiger partial charge in [0, 0.05) is 13.6 Å². The Balaban J connectivity index is 1.71. The van der Waals surface area contributed by atoms with Gasteiger partial charge in [-0.25, -0.2) is 12.8 Å². The maximum atomic E-state index is 13.0. The molecule has 0 aliphatic carbocycles. The maximum Gasteiger partial charge on any atom is 0.251 e. The number of sulfone groups is 1. The lowest BCUT2D eigenvalue weighted by Gasteiger charge is -2.38. The first-order valence-electron chi connectivity index (χ1n) is 9.39. The third kappa shape index (κ3) is 4.68. The lowest BCUT2D eigenvalue weighted by molar-refractivity contribution is -0.162. The molecular weight excluding hydrogens is 411 g/mol. The Morgan fingerprint density at radius 1 is 1.20 bits per heavy atom. The van der Waals surface area contributed by atoms with E-state index >= 15 is 0 Å². The number of rotatable bonds is 6. The molecular formula is C21H23FN2O5S. The second-order valence-corrected chi connectivity index (χ2v) is 9.21. The van der Waals surface area contributed by atoms with Crippen LogP contribution in [0.1, 0.15) is 17.2 Å². The molecule has 9 heteroatoms. The van der Waals surface area contributed by atoms with Crippen LogP contribution in [0.2, 0.25) is 0 Å². The lowest BCUT2D eigenvalue weighted by atomic mass is 9.94. The van der Waals surface area contributed by atoms with Crippen LogP contribution < -0.4 is 5.32 Å². The number of aryl methyl sites for hydroxylation is 1. The van der Waals surface area contributed by atoms with Gasteiger partial charge in [0.1, 0.15) is 12.4 Å². The normalized spacial score (nSPS) is 19.6. The minimum atomic E-state index is -3.68. The summed E-state index contributed by atoms with van der Waals surface area (Å²) in [6.45, 7) is 1.51. The number of nitrogens with one attached hydrogen (secondary N) is 1. The SMILES string of the molecule is Cc1ccccc1[C@@H]1[C@@H](C(=O)NCCS(=O)(=O)c2ccc(F)cc2)OCC(=O)N1C. The summed E-state index contributed by atoms with van der Waals surface area (Å²) in [4.78, 5) is 26.4. The molecule has 1 saturated heterocycles. The summed E-state index contributed by atoms with van der Waals surface area (Å²) in [6, 6.07) is 11.3. The van der Waals surface area contributed by atoms with Gasteiger partial charge < -0.3 is 15.0 Å². The average Bonchev–Trinajstić information content (AvgIpc) is 2.71. The smallest absolute Gasteiger partial charge is 0.251 e. The zero-order chi connectivity index (χ0) is 21.9. The maximum absolute atomic E-state index is 13.0. The summed E-state index contributed by atoms with van der Waals surface area (Å²) in [7, 11) is -2.07. The number of benzene rings is 2. The fourth-order valence-electron chi connectivity index (χ4n) is 3.39. The molecule has 160 valence electrons. The Morgan fingerprint density at radius 3 is 2.53 bits per heavy atom. The van der Waals surface area contributed by atoms with Gasteiger partial charge in [0.15, 0.2) is 15.9 Å². The molecule has 0 unspecified atom stereocenters. The van der Waals surface area contributed by atoms with Crippen molar-refractivity contribution in [2.45, 2.75) is 24.0 Å². The highest BCUT2D eigenvalue weighted by Gasteiger charge is 2.40. The molecule has 0 radical (unpaired) electrons. The van der Waals surface area contributed by atoms with E-state index in [9.17, 15) is 22.4 Å². The number of hydrogen-bond donors (Lipinski definition) is 1. The van der Waals surface area contributed by atoms with Crippen molar-refractivity contribution >= 4 is 21.7 Å². The summed E-state index contributed by atoms with van der Waals surface area (Å²) in [5.74, 6) is -1.62. The number of hydrogen-bond acceptors (Lipinski definition) is 5. The Bertz CT molecular complexity index is 1040. The number of ether oxygens (including phenoxy) is 1. The Morgan fingerprint density at radius 2 is 1.87 bits per heavy atom. The topological polar surface area (TPSA) is 92.8 Å². The van der Waals surface area contributed by atoms with Crippen molar-refractivity contribution < 1.29 is 27.1 Å². The zero-order valence-corrected chi connectivity index (χ0v) is 17.5. The summed E-state index contributed by atoms with van der Waals surface area (Å²) >= 11 is 0. The van der Waals surface area contributed by atoms with Gasteiger partial charge in [-0.2, -0.15) is 0 Å². The average molecular weight is 434 g/mol. The van der Waals surface area contributed by atoms with Crippen LogP contribution in [-0.4, -0.2) is 57.2 Å². The van der Waals surface area contributed by atoms with Crippen molar-refractivity contribution in [3.8, 4) is 0 Å². The zero-order valence-electron chi connectivity index (χ0n) is 16.7. The molecule has 1 aliphatic rings. The Labute approximate surface area is 174 Å². The molecule has 0 aromatic heterocycles. The molecule has 2 aromatic carbocycles. The van der Waals surface area contributed by atoms with Gasteiger partial charge >= 0.3 is 0 Å². The number of likely N-dealkylation sites (N-methyl/N-ethyl adjacent to an activating group) is 1. The molecule has 2 amide bonds. The van der Waals surface area contributed by atoms with Crippen LogP contribution in [0, 0.1) is 12.7 Å². The van der Waals surface area contributed by atoms with Crippen molar-refractivity contribution in [1.29, 1.82) is 0 Å². The molecule has 1 aliphatic heterocycles. The molecule has 2 atom stereocenters. The van der Waals surface area contributed by atoms with E-state index in [0.29, 0.717) is 0 Å². The van der Waals surface area contributed by atoms with Crippen LogP contribution >= 0.6 is 0 Å². The predicted octanol–water partition coefficient (Wildman–Crippen LogP) is 1.62. The van der Waals surface area contributed by atoms with Crippen LogP contribution in [0.3, 0.4) is 0 Å². The standard InChI is InChI=1S/C21H23FN2O5S/c1-14-5-3-4-6-17(14)19-20(29-13-18(25)24(19)2)21(26)23-11-12-30(27,28)16-9-7-15(22)8-10-16/h3-10,19-20H,11-13H2,1-2H3,(H,23,26)/t19-,20+/m1/s1. The highest BCUT2D eigenvalue weighted by atomic mass is 32.2. The van der Waals surface area contributed by atoms with Crippen molar-refractivity contribution in [2.24, 2.45) is 0 Å². The number of carbonyl (C=O) groups excluding carboxylic acids is 2. The number of nitrogens with zero attached hydrogens (tertiary/aromatic N) is 1. The molecule has 30 heavy (non-hydrogen) atoms. The fourth-order valence-corrected chi connectivity index (χ4v) is 4.55. The molecule has 0 bridgehead atoms. The molecule has 7 nitrogen and oxygen atoms in total. The van der Waals surface area contributed by atoms with Crippen LogP contribution in [0.15, 0.2) is 53.4 Å². The van der Waals surface area contributed by atoms with Gasteiger partial charge in [0.25, 0.3) is 5.91 Å². The van der Waals surface area contributed by atoms with E-state index in [1.54, 1.807) is 7.05 Å². The number of halogens is 1. The van der Waals surface area contributed by atoms with Crippen molar-refractivity contribution in [1.82, 2.24) is 10.2 Å². The van der Waals surface area contributed by atoms with Gasteiger partial charge in [-0.05, 0) is 42.3 Å². The second kappa shape index (κ2) is 8.93. The van der Waals surface area contributed by atoms with Gasteiger partial charge in [0.2, 0.25) is 5.91 Å². The van der Waals surface area contributed by atoms with Crippen molar-refractivity contribution in [3.05, 3.63) is 65.5 Å². The van der Waals surface area contributed by atoms with Crippen LogP contribution in [0.4, 0.5) is 4.39 Å². The van der Waals surface area contributed by atoms with Crippen LogP contribution in [0.25, 0.3) is 0 Å². The van der Waals surface area contributed by atoms with E-state index in [0.717, 1.165) is 23.3 Å². The molecule has 2 aromatic rings. The second-order valence-electron chi connectivity index (χ2n) is 7.10. The molecule has 1 N–H and O–H groups in total. The van der Waals surface area contributed by atoms with Crippen LogP contribution in [-0.2, 0) is 24.2 Å². The van der Waals surface area contributed by atoms with E-state index in [1.807, 2.05) is 31.2 Å². The van der Waals surface area contributed by atoms with Gasteiger partial charge in [-0.1, -0.05) is 24.3 Å². The number of amides is 2. The largest absolute Gasteiger partial charge is 0.356 e. The fraction of sp³-hybridized carbons (Fsp3) is 0.333. The van der Waals surface area contributed by atoms with E-state index in [4.69, 9.17) is 4.74 Å². The van der Waals surface area contributed by atoms with Gasteiger partial charge in [-0.3, -0.25) is 9.59 Å². The first kappa shape index (κ1) is 21.9. The number of morpholine rings is 1. The first-order chi connectivity index (χ1) is 14.2. The van der Waals surface area contributed by atoms with E-state index in [2.05, 4.69) is 5.32 Å². The Hall–Kier alpha value is -2.78. The summed E-state index contributed by atoms with van der Waals surface area (Å²) in [5, 5.41) is 2.59. The molecule has 0 spiro atoms. The van der Waals surface area contributed by atoms with E-state index < -0.39 is 33.7 Å². The van der Waals surface area contributed by atoms with Crippen molar-refractivity contribution in [3.63, 3.8) is 0 Å². The third-order valence-electron chi connectivity index (χ3n) is 5.09. The molecule has 1 heterocycles. The highest BCUT2D eigenvalue weighted by molar-refractivity contribution is 7.91. The molecule has 0 saturated carbocycles. The predicted molar refractivity (Wildman–Crippen MR) is 108 cm³/mol. The third-order valence-corrected chi connectivity index (χ3v) is 6.82. The van der Waals surface area contributed by atoms with Crippen LogP contribution in [0.5, 0.6) is 0 Å². The Kier molecular flexibility index (Phi) is 6.52.